The van der Waals surface area contributed by atoms with Crippen molar-refractivity contribution in [3.8, 4) is 0 Å². The van der Waals surface area contributed by atoms with Gasteiger partial charge >= 0.3 is 23.5 Å². The van der Waals surface area contributed by atoms with E-state index in [2.05, 4.69) is 33.4 Å². The van der Waals surface area contributed by atoms with Gasteiger partial charge < -0.3 is 45.6 Å². The maximum absolute atomic E-state index is 11.9. The molecule has 1 aliphatic heterocycles. The minimum absolute atomic E-state index is 0.0279. The Bertz CT molecular complexity index is 1190. The molecule has 0 aliphatic carbocycles. The van der Waals surface area contributed by atoms with E-state index in [0.717, 1.165) is 6.33 Å². The fourth-order valence-corrected chi connectivity index (χ4v) is 6.03. The van der Waals surface area contributed by atoms with Crippen LogP contribution in [0.2, 0.25) is 0 Å². The summed E-state index contributed by atoms with van der Waals surface area (Å²) in [5.41, 5.74) is 6.10. The fourth-order valence-electron chi connectivity index (χ4n) is 3.00. The molecule has 19 nitrogen and oxygen atoms in total. The predicted molar refractivity (Wildman–Crippen MR) is 110 cm³/mol. The van der Waals surface area contributed by atoms with Gasteiger partial charge in [-0.1, -0.05) is 0 Å². The normalized spacial score (nSPS) is 26.9. The van der Waals surface area contributed by atoms with E-state index in [1.807, 2.05) is 0 Å². The molecule has 2 aromatic rings. The van der Waals surface area contributed by atoms with Gasteiger partial charge in [-0.3, -0.25) is 9.09 Å². The molecule has 1 fully saturated rings. The van der Waals surface area contributed by atoms with E-state index in [0.29, 0.717) is 6.54 Å². The number of imidazole rings is 1. The lowest BCUT2D eigenvalue weighted by Crippen LogP contribution is -2.33. The lowest BCUT2D eigenvalue weighted by molar-refractivity contribution is -0.0493. The van der Waals surface area contributed by atoms with Gasteiger partial charge in [-0.05, 0) is 6.92 Å². The van der Waals surface area contributed by atoms with E-state index in [9.17, 15) is 33.7 Å². The highest BCUT2D eigenvalue weighted by Crippen LogP contribution is 2.66. The Morgan fingerprint density at radius 3 is 2.41 bits per heavy atom. The van der Waals surface area contributed by atoms with Crippen molar-refractivity contribution in [3.63, 3.8) is 0 Å². The molecule has 3 heterocycles. The third-order valence-electron chi connectivity index (χ3n) is 4.25. The van der Waals surface area contributed by atoms with Crippen LogP contribution >= 0.6 is 23.5 Å². The Balaban J connectivity index is 1.78. The molecule has 0 bridgehead atoms. The van der Waals surface area contributed by atoms with Crippen LogP contribution in [0.3, 0.4) is 0 Å². The molecule has 0 radical (unpaired) electrons. The largest absolute Gasteiger partial charge is 0.490 e. The van der Waals surface area contributed by atoms with Crippen molar-refractivity contribution in [2.24, 2.45) is 0 Å². The fraction of sp³-hybridized carbons (Fsp3) is 0.583. The van der Waals surface area contributed by atoms with Crippen LogP contribution in [-0.2, 0) is 31.6 Å². The van der Waals surface area contributed by atoms with E-state index in [-0.39, 0.29) is 22.9 Å². The second kappa shape index (κ2) is 9.83. The third kappa shape index (κ3) is 6.16. The molecular formula is C12H21N6O13P3. The average molecular weight is 550 g/mol. The molecule has 1 aliphatic rings. The van der Waals surface area contributed by atoms with Crippen molar-refractivity contribution < 1.29 is 61.4 Å². The summed E-state index contributed by atoms with van der Waals surface area (Å²) >= 11 is 0. The van der Waals surface area contributed by atoms with Crippen molar-refractivity contribution >= 4 is 46.4 Å². The van der Waals surface area contributed by atoms with Gasteiger partial charge in [0, 0.05) is 6.54 Å². The number of nitrogen functional groups attached to an aromatic ring is 1. The highest BCUT2D eigenvalue weighted by molar-refractivity contribution is 7.66. The number of phosphoric acid groups is 3. The molecule has 0 amide bonds. The maximum atomic E-state index is 11.9. The molecule has 34 heavy (non-hydrogen) atoms. The Hall–Kier alpha value is -1.56. The zero-order valence-corrected chi connectivity index (χ0v) is 19.7. The van der Waals surface area contributed by atoms with Crippen LogP contribution in [0.4, 0.5) is 11.8 Å². The van der Waals surface area contributed by atoms with Crippen LogP contribution in [0, 0.1) is 0 Å². The van der Waals surface area contributed by atoms with Crippen LogP contribution in [0.25, 0.3) is 11.2 Å². The quantitative estimate of drug-likeness (QED) is 0.161. The lowest BCUT2D eigenvalue weighted by atomic mass is 10.1. The molecule has 0 saturated carbocycles. The van der Waals surface area contributed by atoms with Crippen LogP contribution in [0.15, 0.2) is 6.33 Å². The standard InChI is InChI=1S/C12H21N6O13P3/c1-2-14-12-17-6-9(13)15-4-16-10(6)18(12)11-8(20)7(19)5(29-11)3-28-33(24,25)31-34(26,27)30-32(21,22)23/h4-5,7-8,11,19-20H,2-3H2,1H3,(H,14,17)(H,24,25)(H,26,27)(H2,13,15,16)(H2,21,22,23)/t5-,7-,8-,11-/m1/s1. The van der Waals surface area contributed by atoms with Crippen molar-refractivity contribution in [1.82, 2.24) is 19.5 Å². The van der Waals surface area contributed by atoms with Gasteiger partial charge in [0.2, 0.25) is 5.95 Å². The number of nitrogens with zero attached hydrogens (tertiary/aromatic N) is 4. The summed E-state index contributed by atoms with van der Waals surface area (Å²) in [6, 6.07) is 0. The minimum atomic E-state index is -5.72. The number of aliphatic hydroxyl groups excluding tert-OH is 2. The molecule has 9 N–H and O–H groups in total. The number of ether oxygens (including phenoxy) is 1. The zero-order valence-electron chi connectivity index (χ0n) is 17.0. The number of hydrogen-bond acceptors (Lipinski definition) is 14. The molecule has 22 heteroatoms. The number of hydrogen-bond donors (Lipinski definition) is 8. The summed E-state index contributed by atoms with van der Waals surface area (Å²) in [6.07, 6.45) is -5.05. The van der Waals surface area contributed by atoms with E-state index in [1.165, 1.54) is 4.57 Å². The molecule has 2 unspecified atom stereocenters. The first-order valence-electron chi connectivity index (χ1n) is 9.16. The monoisotopic (exact) mass is 550 g/mol. The number of nitrogens with two attached hydrogens (primary N) is 1. The lowest BCUT2D eigenvalue weighted by Gasteiger charge is -2.20. The molecule has 1 saturated heterocycles. The first-order valence-corrected chi connectivity index (χ1v) is 13.7. The van der Waals surface area contributed by atoms with E-state index < -0.39 is 54.6 Å². The van der Waals surface area contributed by atoms with Crippen LogP contribution in [0.1, 0.15) is 13.2 Å². The summed E-state index contributed by atoms with van der Waals surface area (Å²) in [6.45, 7) is 1.17. The molecule has 6 atom stereocenters. The maximum Gasteiger partial charge on any atom is 0.490 e. The van der Waals surface area contributed by atoms with Crippen LogP contribution in [-0.4, -0.2) is 80.8 Å². The Kier molecular flexibility index (Phi) is 7.82. The predicted octanol–water partition coefficient (Wildman–Crippen LogP) is -1.20. The summed E-state index contributed by atoms with van der Waals surface area (Å²) in [4.78, 5) is 48.0. The molecule has 2 aromatic heterocycles. The van der Waals surface area contributed by atoms with Gasteiger partial charge in [0.05, 0.1) is 6.61 Å². The molecule has 0 spiro atoms. The number of aromatic nitrogens is 4. The van der Waals surface area contributed by atoms with Crippen molar-refractivity contribution in [2.75, 3.05) is 24.2 Å². The Labute approximate surface area is 189 Å². The SMILES string of the molecule is CCNc1nc2c(N)ncnc2n1[C@@H]1O[C@H](COP(=O)(O)OP(=O)(O)OP(=O)(O)O)[C@@H](O)[C@H]1O. The van der Waals surface area contributed by atoms with Gasteiger partial charge in [0.25, 0.3) is 0 Å². The number of anilines is 2. The topological polar surface area (TPSA) is 291 Å². The Morgan fingerprint density at radius 2 is 1.79 bits per heavy atom. The highest BCUT2D eigenvalue weighted by Gasteiger charge is 2.47. The minimum Gasteiger partial charge on any atom is -0.387 e. The van der Waals surface area contributed by atoms with E-state index in [1.54, 1.807) is 6.92 Å². The number of rotatable bonds is 10. The zero-order chi connectivity index (χ0) is 25.5. The first-order chi connectivity index (χ1) is 15.6. The van der Waals surface area contributed by atoms with Gasteiger partial charge in [0.1, 0.15) is 24.6 Å². The molecule has 192 valence electrons. The average Bonchev–Trinajstić information content (AvgIpc) is 3.16. The smallest absolute Gasteiger partial charge is 0.387 e. The molecular weight excluding hydrogens is 529 g/mol. The first kappa shape index (κ1) is 27.0. The number of fused-ring (bicyclic) bond motifs is 1. The van der Waals surface area contributed by atoms with Gasteiger partial charge in [-0.15, -0.1) is 0 Å². The van der Waals surface area contributed by atoms with Crippen LogP contribution < -0.4 is 11.1 Å². The Morgan fingerprint density at radius 1 is 1.12 bits per heavy atom. The van der Waals surface area contributed by atoms with E-state index in [4.69, 9.17) is 20.3 Å². The summed E-state index contributed by atoms with van der Waals surface area (Å²) < 4.78 is 52.5. The van der Waals surface area contributed by atoms with Gasteiger partial charge in [-0.25, -0.2) is 28.6 Å². The second-order valence-electron chi connectivity index (χ2n) is 6.70. The summed E-state index contributed by atoms with van der Waals surface area (Å²) in [5, 5.41) is 23.8. The number of nitrogens with one attached hydrogen (secondary N) is 1. The van der Waals surface area contributed by atoms with Gasteiger partial charge in [0.15, 0.2) is 23.2 Å². The van der Waals surface area contributed by atoms with Gasteiger partial charge in [-0.2, -0.15) is 8.62 Å². The second-order valence-corrected chi connectivity index (χ2v) is 11.1. The van der Waals surface area contributed by atoms with Crippen molar-refractivity contribution in [1.29, 1.82) is 0 Å². The molecule has 0 aromatic carbocycles. The van der Waals surface area contributed by atoms with Crippen LogP contribution in [0.5, 0.6) is 0 Å². The number of aliphatic hydroxyl groups is 2. The molecule has 3 rings (SSSR count). The summed E-state index contributed by atoms with van der Waals surface area (Å²) in [5.74, 6) is 0.176. The van der Waals surface area contributed by atoms with E-state index >= 15 is 0 Å². The van der Waals surface area contributed by atoms with Crippen molar-refractivity contribution in [2.45, 2.75) is 31.5 Å². The third-order valence-corrected chi connectivity index (χ3v) is 8.05. The summed E-state index contributed by atoms with van der Waals surface area (Å²) in [7, 11) is -16.7. The van der Waals surface area contributed by atoms with Crippen molar-refractivity contribution in [3.05, 3.63) is 6.33 Å². The number of phosphoric ester groups is 1. The highest BCUT2D eigenvalue weighted by atomic mass is 31.3.